The summed E-state index contributed by atoms with van der Waals surface area (Å²) in [6, 6.07) is -0.466. The van der Waals surface area contributed by atoms with Crippen molar-refractivity contribution in [3.8, 4) is 0 Å². The Morgan fingerprint density at radius 1 is 0.955 bits per heavy atom. The minimum Gasteiger partial charge on any atom is -0.388 e. The van der Waals surface area contributed by atoms with E-state index in [4.69, 9.17) is 4.74 Å². The number of carbonyl (C=O) groups is 3. The van der Waals surface area contributed by atoms with Gasteiger partial charge in [0.05, 0.1) is 30.8 Å². The number of rotatable bonds is 7. The van der Waals surface area contributed by atoms with Crippen molar-refractivity contribution in [3.63, 3.8) is 0 Å². The maximum atomic E-state index is 13.8. The number of fused-ring (bicyclic) bond motifs is 3. The zero-order chi connectivity index (χ0) is 30.6. The normalized spacial score (nSPS) is 33.1. The fraction of sp³-hybridized carbons (Fsp3) is 0.839. The highest BCUT2D eigenvalue weighted by atomic mass is 16.5. The molecule has 3 amide bonds. The van der Waals surface area contributed by atoms with Crippen LogP contribution in [0, 0.1) is 5.92 Å². The summed E-state index contributed by atoms with van der Waals surface area (Å²) in [6.07, 6.45) is 10.4. The summed E-state index contributed by atoms with van der Waals surface area (Å²) in [5.41, 5.74) is 0.968. The van der Waals surface area contributed by atoms with E-state index in [1.165, 1.54) is 49.8 Å². The lowest BCUT2D eigenvalue weighted by molar-refractivity contribution is -0.147. The lowest BCUT2D eigenvalue weighted by atomic mass is 9.86. The van der Waals surface area contributed by atoms with E-state index in [2.05, 4.69) is 20.9 Å². The fourth-order valence-electron chi connectivity index (χ4n) is 7.87. The first-order chi connectivity index (χ1) is 21.4. The number of nitrogens with one attached hydrogen (secondary N) is 2. The van der Waals surface area contributed by atoms with Gasteiger partial charge in [0.25, 0.3) is 0 Å². The average Bonchev–Trinajstić information content (AvgIpc) is 3.78. The van der Waals surface area contributed by atoms with Crippen LogP contribution in [-0.4, -0.2) is 122 Å². The van der Waals surface area contributed by atoms with Crippen LogP contribution >= 0.6 is 0 Å². The van der Waals surface area contributed by atoms with Crippen molar-refractivity contribution in [1.82, 2.24) is 35.4 Å². The first-order valence-electron chi connectivity index (χ1n) is 16.9. The maximum absolute atomic E-state index is 13.8. The molecule has 2 unspecified atom stereocenters. The van der Waals surface area contributed by atoms with E-state index in [1.54, 1.807) is 4.90 Å². The largest absolute Gasteiger partial charge is 0.388 e. The van der Waals surface area contributed by atoms with Crippen molar-refractivity contribution in [3.05, 3.63) is 11.9 Å². The van der Waals surface area contributed by atoms with Crippen LogP contribution < -0.4 is 10.6 Å². The molecule has 13 nitrogen and oxygen atoms in total. The molecule has 2 aliphatic carbocycles. The SMILES string of the molecule is O=C1NC[C@H]2O[C@@H](CC(=O)N(CCNC3CCCC3)CC(=O)N3CC[C@@H](n4cc(CC5CCCCC5)nn4)C[C@@H]13)C(O)C2O. The lowest BCUT2D eigenvalue weighted by Crippen LogP contribution is -2.57. The Bertz CT molecular complexity index is 1150. The third-order valence-corrected chi connectivity index (χ3v) is 10.5. The number of piperidine rings is 1. The molecule has 6 rings (SSSR count). The van der Waals surface area contributed by atoms with Gasteiger partial charge in [0.1, 0.15) is 24.4 Å². The number of ether oxygens (including phenoxy) is 1. The molecule has 244 valence electrons. The molecule has 3 aliphatic heterocycles. The van der Waals surface area contributed by atoms with E-state index in [-0.39, 0.29) is 43.3 Å². The standard InChI is InChI=1S/C31H49N7O6/c39-27-16-25-29(41)30(42)26(44-25)17-33-31(43)24-15-23(38-18-22(34-35-38)14-20-6-2-1-3-7-20)10-12-37(24)28(40)19-36(27)13-11-32-21-8-4-5-9-21/h18,20-21,23-26,29-30,32,41-42H,1-17,19H2,(H,33,43)/t23-,24+,25+,26-,29?,30?/m1/s1. The average molecular weight is 616 g/mol. The van der Waals surface area contributed by atoms with Gasteiger partial charge in [-0.05, 0) is 38.0 Å². The summed E-state index contributed by atoms with van der Waals surface area (Å²) < 4.78 is 7.72. The van der Waals surface area contributed by atoms with Crippen molar-refractivity contribution in [2.45, 2.75) is 126 Å². The first-order valence-corrected chi connectivity index (χ1v) is 16.9. The van der Waals surface area contributed by atoms with Crippen LogP contribution in [0.4, 0.5) is 0 Å². The summed E-state index contributed by atoms with van der Waals surface area (Å²) in [7, 11) is 0. The van der Waals surface area contributed by atoms with E-state index in [1.807, 2.05) is 10.9 Å². The molecule has 44 heavy (non-hydrogen) atoms. The van der Waals surface area contributed by atoms with Crippen LogP contribution in [0.25, 0.3) is 0 Å². The van der Waals surface area contributed by atoms with Gasteiger partial charge in [-0.2, -0.15) is 0 Å². The van der Waals surface area contributed by atoms with Crippen LogP contribution in [0.15, 0.2) is 6.20 Å². The van der Waals surface area contributed by atoms with Crippen LogP contribution in [0.3, 0.4) is 0 Å². The van der Waals surface area contributed by atoms with E-state index in [0.29, 0.717) is 44.4 Å². The molecular weight excluding hydrogens is 566 g/mol. The van der Waals surface area contributed by atoms with E-state index >= 15 is 0 Å². The monoisotopic (exact) mass is 615 g/mol. The van der Waals surface area contributed by atoms with Gasteiger partial charge in [0, 0.05) is 38.4 Å². The molecule has 0 spiro atoms. The Hall–Kier alpha value is -2.61. The zero-order valence-electron chi connectivity index (χ0n) is 25.7. The minimum atomic E-state index is -1.26. The molecule has 13 heteroatoms. The predicted octanol–water partition coefficient (Wildman–Crippen LogP) is 0.303. The zero-order valence-corrected chi connectivity index (χ0v) is 25.7. The molecule has 1 aromatic rings. The maximum Gasteiger partial charge on any atom is 0.242 e. The first kappa shape index (κ1) is 31.4. The molecule has 5 fully saturated rings. The minimum absolute atomic E-state index is 0.0329. The van der Waals surface area contributed by atoms with Gasteiger partial charge in [0.2, 0.25) is 17.7 Å². The van der Waals surface area contributed by atoms with Crippen molar-refractivity contribution < 1.29 is 29.3 Å². The topological polar surface area (TPSA) is 162 Å². The number of aliphatic hydroxyl groups excluding tert-OH is 2. The molecule has 0 radical (unpaired) electrons. The van der Waals surface area contributed by atoms with Gasteiger partial charge in [0.15, 0.2) is 0 Å². The van der Waals surface area contributed by atoms with Crippen molar-refractivity contribution in [2.24, 2.45) is 5.92 Å². The molecule has 2 saturated carbocycles. The molecule has 4 heterocycles. The molecular formula is C31H49N7O6. The number of carbonyl (C=O) groups excluding carboxylic acids is 3. The number of aliphatic hydroxyl groups is 2. The summed E-state index contributed by atoms with van der Waals surface area (Å²) >= 11 is 0. The quantitative estimate of drug-likeness (QED) is 0.338. The van der Waals surface area contributed by atoms with Crippen LogP contribution in [-0.2, 0) is 25.5 Å². The van der Waals surface area contributed by atoms with Gasteiger partial charge in [-0.3, -0.25) is 14.4 Å². The third-order valence-electron chi connectivity index (χ3n) is 10.5. The molecule has 2 bridgehead atoms. The summed E-state index contributed by atoms with van der Waals surface area (Å²) in [4.78, 5) is 44.0. The van der Waals surface area contributed by atoms with Crippen molar-refractivity contribution in [1.29, 1.82) is 0 Å². The molecule has 6 atom stereocenters. The van der Waals surface area contributed by atoms with E-state index in [0.717, 1.165) is 25.0 Å². The Morgan fingerprint density at radius 3 is 2.50 bits per heavy atom. The predicted molar refractivity (Wildman–Crippen MR) is 159 cm³/mol. The Labute approximate surface area is 259 Å². The Kier molecular flexibility index (Phi) is 10.1. The van der Waals surface area contributed by atoms with Gasteiger partial charge in [-0.15, -0.1) is 5.10 Å². The van der Waals surface area contributed by atoms with E-state index < -0.39 is 30.5 Å². The molecule has 1 aromatic heterocycles. The molecule has 0 aromatic carbocycles. The highest BCUT2D eigenvalue weighted by Crippen LogP contribution is 2.30. The summed E-state index contributed by atoms with van der Waals surface area (Å²) in [6.45, 7) is 1.03. The highest BCUT2D eigenvalue weighted by Gasteiger charge is 2.45. The molecule has 3 saturated heterocycles. The van der Waals surface area contributed by atoms with Crippen LogP contribution in [0.5, 0.6) is 0 Å². The van der Waals surface area contributed by atoms with Crippen molar-refractivity contribution in [2.75, 3.05) is 32.7 Å². The second-order valence-electron chi connectivity index (χ2n) is 13.6. The lowest BCUT2D eigenvalue weighted by Gasteiger charge is -2.39. The third kappa shape index (κ3) is 7.27. The Balaban J connectivity index is 1.17. The molecule has 4 N–H and O–H groups in total. The summed E-state index contributed by atoms with van der Waals surface area (Å²) in [5, 5.41) is 36.5. The fourth-order valence-corrected chi connectivity index (χ4v) is 7.87. The number of aromatic nitrogens is 3. The second kappa shape index (κ2) is 14.2. The van der Waals surface area contributed by atoms with Crippen LogP contribution in [0.2, 0.25) is 0 Å². The number of hydrogen-bond acceptors (Lipinski definition) is 9. The number of hydrogen-bond donors (Lipinski definition) is 4. The smallest absolute Gasteiger partial charge is 0.242 e. The van der Waals surface area contributed by atoms with Gasteiger partial charge in [-0.1, -0.05) is 50.2 Å². The van der Waals surface area contributed by atoms with Gasteiger partial charge in [-0.25, -0.2) is 4.68 Å². The van der Waals surface area contributed by atoms with E-state index in [9.17, 15) is 24.6 Å². The van der Waals surface area contributed by atoms with Crippen LogP contribution in [0.1, 0.15) is 88.8 Å². The summed E-state index contributed by atoms with van der Waals surface area (Å²) in [5.74, 6) is -0.305. The van der Waals surface area contributed by atoms with Gasteiger partial charge < -0.3 is 35.4 Å². The number of amides is 3. The second-order valence-corrected chi connectivity index (χ2v) is 13.6. The van der Waals surface area contributed by atoms with Gasteiger partial charge >= 0.3 is 0 Å². The highest BCUT2D eigenvalue weighted by molar-refractivity contribution is 5.90. The van der Waals surface area contributed by atoms with Crippen molar-refractivity contribution >= 4 is 17.7 Å². The Morgan fingerprint density at radius 2 is 1.70 bits per heavy atom. The number of nitrogens with zero attached hydrogens (tertiary/aromatic N) is 5. The molecule has 5 aliphatic rings.